The van der Waals surface area contributed by atoms with Crippen LogP contribution in [-0.4, -0.2) is 25.2 Å². The third kappa shape index (κ3) is 7.88. The zero-order valence-electron chi connectivity index (χ0n) is 15.5. The van der Waals surface area contributed by atoms with Gasteiger partial charge in [0, 0.05) is 12.6 Å². The number of nitrogens with one attached hydrogen (secondary N) is 1. The number of halogens is 5. The number of ether oxygens (including phenoxy) is 2. The molecule has 0 amide bonds. The summed E-state index contributed by atoms with van der Waals surface area (Å²) < 4.78 is 48.7. The molecule has 1 atom stereocenters. The van der Waals surface area contributed by atoms with Crippen molar-refractivity contribution in [3.05, 3.63) is 52.0 Å². The number of hydrogen-bond acceptors (Lipinski definition) is 5. The molecule has 0 bridgehead atoms. The van der Waals surface area contributed by atoms with Gasteiger partial charge in [-0.3, -0.25) is 0 Å². The fourth-order valence-electron chi connectivity index (χ4n) is 2.08. The molecule has 0 spiro atoms. The van der Waals surface area contributed by atoms with E-state index in [1.807, 2.05) is 0 Å². The molecule has 2 rings (SSSR count). The topological polar surface area (TPSA) is 70.6 Å². The van der Waals surface area contributed by atoms with E-state index >= 15 is 0 Å². The number of benzene rings is 2. The minimum atomic E-state index is -4.50. The molecule has 0 saturated carbocycles. The van der Waals surface area contributed by atoms with Crippen LogP contribution in [0.4, 0.5) is 18.9 Å². The van der Waals surface area contributed by atoms with Gasteiger partial charge < -0.3 is 24.7 Å². The summed E-state index contributed by atoms with van der Waals surface area (Å²) in [6.45, 7) is 1.69. The molecule has 2 aromatic carbocycles. The molecule has 2 aromatic rings. The standard InChI is InChI=1S/C18H16Cl2F3NO4.Na/c1-10(17(25)26)27-7-6-24-15-9-12(3-4-13(15)19)28-16-5-2-11(8-14(16)20)18(21,22)23;/h2-5,8-10,24H,6-7H2,1H3,(H,25,26);/q;+1/p-1. The normalized spacial score (nSPS) is 12.1. The Morgan fingerprint density at radius 1 is 1.17 bits per heavy atom. The van der Waals surface area contributed by atoms with Crippen molar-refractivity contribution in [1.29, 1.82) is 0 Å². The predicted molar refractivity (Wildman–Crippen MR) is 96.9 cm³/mol. The summed E-state index contributed by atoms with van der Waals surface area (Å²) in [6, 6.07) is 7.35. The minimum Gasteiger partial charge on any atom is -0.547 e. The molecule has 1 unspecified atom stereocenters. The van der Waals surface area contributed by atoms with Crippen LogP contribution >= 0.6 is 23.2 Å². The van der Waals surface area contributed by atoms with Gasteiger partial charge in [0.2, 0.25) is 0 Å². The SMILES string of the molecule is CC(OCCNc1cc(Oc2ccc(C(F)(F)F)cc2Cl)ccc1Cl)C(=O)[O-].[Na+]. The zero-order chi connectivity index (χ0) is 20.9. The number of hydrogen-bond donors (Lipinski definition) is 1. The van der Waals surface area contributed by atoms with Gasteiger partial charge in [-0.1, -0.05) is 23.2 Å². The molecule has 0 aliphatic rings. The van der Waals surface area contributed by atoms with E-state index in [1.165, 1.54) is 25.1 Å². The molecule has 5 nitrogen and oxygen atoms in total. The van der Waals surface area contributed by atoms with Crippen molar-refractivity contribution >= 4 is 34.9 Å². The zero-order valence-corrected chi connectivity index (χ0v) is 19.0. The van der Waals surface area contributed by atoms with E-state index < -0.39 is 23.8 Å². The van der Waals surface area contributed by atoms with Gasteiger partial charge in [-0.15, -0.1) is 0 Å². The number of alkyl halides is 3. The Bertz CT molecular complexity index is 852. The molecule has 11 heteroatoms. The molecule has 0 aromatic heterocycles. The van der Waals surface area contributed by atoms with E-state index in [4.69, 9.17) is 32.7 Å². The van der Waals surface area contributed by atoms with Crippen molar-refractivity contribution < 1.29 is 62.1 Å². The fraction of sp³-hybridized carbons (Fsp3) is 0.278. The van der Waals surface area contributed by atoms with Crippen LogP contribution in [0.15, 0.2) is 36.4 Å². The number of carboxylic acids is 1. The van der Waals surface area contributed by atoms with Crippen molar-refractivity contribution in [1.82, 2.24) is 0 Å². The van der Waals surface area contributed by atoms with Gasteiger partial charge in [0.25, 0.3) is 0 Å². The van der Waals surface area contributed by atoms with Crippen LogP contribution in [0.25, 0.3) is 0 Å². The molecule has 0 saturated heterocycles. The minimum absolute atomic E-state index is 0. The number of carboxylic acid groups (broad SMARTS) is 1. The summed E-state index contributed by atoms with van der Waals surface area (Å²) >= 11 is 12.0. The van der Waals surface area contributed by atoms with Crippen molar-refractivity contribution in [3.8, 4) is 11.5 Å². The molecule has 0 aliphatic heterocycles. The van der Waals surface area contributed by atoms with Crippen LogP contribution in [0.5, 0.6) is 11.5 Å². The summed E-state index contributed by atoms with van der Waals surface area (Å²) in [6.07, 6.45) is -5.55. The van der Waals surface area contributed by atoms with Crippen molar-refractivity contribution in [2.75, 3.05) is 18.5 Å². The van der Waals surface area contributed by atoms with Gasteiger partial charge in [0.05, 0.1) is 40.0 Å². The Morgan fingerprint density at radius 2 is 1.86 bits per heavy atom. The summed E-state index contributed by atoms with van der Waals surface area (Å²) in [4.78, 5) is 10.6. The maximum absolute atomic E-state index is 12.7. The quantitative estimate of drug-likeness (QED) is 0.477. The van der Waals surface area contributed by atoms with Gasteiger partial charge in [-0.05, 0) is 37.3 Å². The first kappa shape index (κ1) is 25.9. The summed E-state index contributed by atoms with van der Waals surface area (Å²) in [5.74, 6) is -0.978. The fourth-order valence-corrected chi connectivity index (χ4v) is 2.48. The Labute approximate surface area is 197 Å². The molecular formula is C18H15Cl2F3NNaO4. The number of carbonyl (C=O) groups is 1. The maximum Gasteiger partial charge on any atom is 1.00 e. The number of anilines is 1. The van der Waals surface area contributed by atoms with E-state index in [2.05, 4.69) is 5.32 Å². The van der Waals surface area contributed by atoms with E-state index in [-0.39, 0.29) is 59.2 Å². The molecule has 29 heavy (non-hydrogen) atoms. The van der Waals surface area contributed by atoms with Crippen molar-refractivity contribution in [2.45, 2.75) is 19.2 Å². The van der Waals surface area contributed by atoms with E-state index in [0.29, 0.717) is 10.7 Å². The van der Waals surface area contributed by atoms with Crippen molar-refractivity contribution in [3.63, 3.8) is 0 Å². The summed E-state index contributed by atoms with van der Waals surface area (Å²) in [7, 11) is 0. The Kier molecular flexibility index (Phi) is 10.1. The molecular weight excluding hydrogens is 445 g/mol. The first-order valence-corrected chi connectivity index (χ1v) is 8.74. The molecule has 1 N–H and O–H groups in total. The van der Waals surface area contributed by atoms with Crippen LogP contribution in [0.3, 0.4) is 0 Å². The Hall–Kier alpha value is -1.16. The van der Waals surface area contributed by atoms with Crippen LogP contribution in [0, 0.1) is 0 Å². The monoisotopic (exact) mass is 459 g/mol. The van der Waals surface area contributed by atoms with Crippen LogP contribution in [0.2, 0.25) is 10.0 Å². The third-order valence-corrected chi connectivity index (χ3v) is 4.17. The Morgan fingerprint density at radius 3 is 2.45 bits per heavy atom. The first-order valence-electron chi connectivity index (χ1n) is 7.98. The van der Waals surface area contributed by atoms with Crippen molar-refractivity contribution in [2.24, 2.45) is 0 Å². The third-order valence-electron chi connectivity index (χ3n) is 3.54. The van der Waals surface area contributed by atoms with Gasteiger partial charge >= 0.3 is 35.7 Å². The number of rotatable bonds is 8. The van der Waals surface area contributed by atoms with E-state index in [0.717, 1.165) is 18.2 Å². The molecule has 152 valence electrons. The smallest absolute Gasteiger partial charge is 0.547 e. The van der Waals surface area contributed by atoms with Crippen LogP contribution in [0.1, 0.15) is 12.5 Å². The Balaban J connectivity index is 0.00000420. The molecule has 0 radical (unpaired) electrons. The summed E-state index contributed by atoms with van der Waals surface area (Å²) in [5.41, 5.74) is -0.416. The largest absolute Gasteiger partial charge is 1.00 e. The number of aliphatic carboxylic acids is 1. The second-order valence-electron chi connectivity index (χ2n) is 5.65. The molecule has 0 aliphatic carbocycles. The average molecular weight is 460 g/mol. The molecule has 0 heterocycles. The maximum atomic E-state index is 12.7. The van der Waals surface area contributed by atoms with Gasteiger partial charge in [0.1, 0.15) is 11.5 Å². The predicted octanol–water partition coefficient (Wildman–Crippen LogP) is 1.38. The second kappa shape index (κ2) is 11.3. The second-order valence-corrected chi connectivity index (χ2v) is 6.46. The van der Waals surface area contributed by atoms with E-state index in [9.17, 15) is 23.1 Å². The average Bonchev–Trinajstić information content (AvgIpc) is 2.61. The molecule has 0 fully saturated rings. The number of carbonyl (C=O) groups excluding carboxylic acids is 1. The first-order chi connectivity index (χ1) is 13.1. The van der Waals surface area contributed by atoms with Gasteiger partial charge in [-0.25, -0.2) is 0 Å². The van der Waals surface area contributed by atoms with E-state index in [1.54, 1.807) is 0 Å². The van der Waals surface area contributed by atoms with Crippen LogP contribution in [-0.2, 0) is 15.7 Å². The van der Waals surface area contributed by atoms with Crippen LogP contribution < -0.4 is 44.7 Å². The summed E-state index contributed by atoms with van der Waals surface area (Å²) in [5, 5.41) is 13.7. The van der Waals surface area contributed by atoms with Gasteiger partial charge in [-0.2, -0.15) is 13.2 Å². The van der Waals surface area contributed by atoms with Gasteiger partial charge in [0.15, 0.2) is 0 Å².